The van der Waals surface area contributed by atoms with Crippen LogP contribution in [-0.2, 0) is 0 Å². The number of aliphatic hydroxyl groups is 2. The van der Waals surface area contributed by atoms with Gasteiger partial charge >= 0.3 is 0 Å². The molecule has 18 heavy (non-hydrogen) atoms. The van der Waals surface area contributed by atoms with Gasteiger partial charge < -0.3 is 15.9 Å². The van der Waals surface area contributed by atoms with Gasteiger partial charge in [-0.1, -0.05) is 6.07 Å². The van der Waals surface area contributed by atoms with Crippen LogP contribution in [-0.4, -0.2) is 21.2 Å². The van der Waals surface area contributed by atoms with Gasteiger partial charge in [-0.15, -0.1) is 0 Å². The highest BCUT2D eigenvalue weighted by molar-refractivity contribution is 5.64. The van der Waals surface area contributed by atoms with Crippen LogP contribution in [0.3, 0.4) is 0 Å². The highest BCUT2D eigenvalue weighted by Gasteiger charge is 2.23. The largest absolute Gasteiger partial charge is 0.393 e. The van der Waals surface area contributed by atoms with Gasteiger partial charge in [-0.25, -0.2) is 0 Å². The monoisotopic (exact) mass is 251 g/mol. The number of nitrogens with two attached hydrogens (primary N) is 1. The van der Waals surface area contributed by atoms with Crippen molar-refractivity contribution in [1.82, 2.24) is 0 Å². The van der Waals surface area contributed by atoms with Crippen molar-refractivity contribution in [3.63, 3.8) is 0 Å². The Morgan fingerprint density at radius 1 is 1.56 bits per heavy atom. The third-order valence-corrected chi connectivity index (χ3v) is 2.59. The van der Waals surface area contributed by atoms with E-state index in [1.165, 1.54) is 6.07 Å². The van der Waals surface area contributed by atoms with E-state index in [1.807, 2.05) is 0 Å². The minimum Gasteiger partial charge on any atom is -0.393 e. The van der Waals surface area contributed by atoms with E-state index in [2.05, 4.69) is 0 Å². The summed E-state index contributed by atoms with van der Waals surface area (Å²) in [5, 5.41) is 38.5. The summed E-state index contributed by atoms with van der Waals surface area (Å²) in [5.74, 6) is 0. The molecular weight excluding hydrogens is 238 g/mol. The van der Waals surface area contributed by atoms with Gasteiger partial charge in [0.1, 0.15) is 11.8 Å². The Hall–Kier alpha value is -2.17. The van der Waals surface area contributed by atoms with Gasteiger partial charge in [0.2, 0.25) is 0 Å². The maximum atomic E-state index is 10.8. The molecule has 0 saturated heterocycles. The Labute approximate surface area is 103 Å². The van der Waals surface area contributed by atoms with Crippen LogP contribution in [0.2, 0.25) is 0 Å². The van der Waals surface area contributed by atoms with Crippen molar-refractivity contribution < 1.29 is 15.1 Å². The Morgan fingerprint density at radius 3 is 2.67 bits per heavy atom. The lowest BCUT2D eigenvalue weighted by atomic mass is 9.99. The second-order valence-electron chi connectivity index (χ2n) is 3.90. The number of hydrogen-bond acceptors (Lipinski definition) is 6. The molecule has 4 N–H and O–H groups in total. The van der Waals surface area contributed by atoms with E-state index in [4.69, 9.17) is 11.0 Å². The lowest BCUT2D eigenvalue weighted by Crippen LogP contribution is -2.18. The lowest BCUT2D eigenvalue weighted by molar-refractivity contribution is -0.384. The van der Waals surface area contributed by atoms with Crippen LogP contribution in [0.15, 0.2) is 12.1 Å². The fraction of sp³-hybridized carbons (Fsp3) is 0.364. The van der Waals surface area contributed by atoms with Crippen molar-refractivity contribution in [2.45, 2.75) is 25.6 Å². The number of anilines is 1. The van der Waals surface area contributed by atoms with Crippen LogP contribution in [0.5, 0.6) is 0 Å². The van der Waals surface area contributed by atoms with Crippen LogP contribution in [0.1, 0.15) is 23.7 Å². The minimum atomic E-state index is -1.36. The number of nitrogen functional groups attached to an aromatic ring is 1. The molecule has 0 aromatic heterocycles. The van der Waals surface area contributed by atoms with E-state index in [0.717, 1.165) is 6.07 Å². The summed E-state index contributed by atoms with van der Waals surface area (Å²) in [5.41, 5.74) is 5.84. The van der Waals surface area contributed by atoms with E-state index < -0.39 is 17.1 Å². The molecule has 0 bridgehead atoms. The summed E-state index contributed by atoms with van der Waals surface area (Å²) in [4.78, 5) is 10.1. The molecule has 0 aliphatic rings. The van der Waals surface area contributed by atoms with E-state index >= 15 is 0 Å². The molecule has 1 aromatic carbocycles. The molecule has 1 aromatic rings. The maximum absolute atomic E-state index is 10.8. The maximum Gasteiger partial charge on any atom is 0.292 e. The predicted octanol–water partition coefficient (Wildman–Crippen LogP) is 0.793. The summed E-state index contributed by atoms with van der Waals surface area (Å²) >= 11 is 0. The number of aliphatic hydroxyl groups excluding tert-OH is 2. The first kappa shape index (κ1) is 13.9. The van der Waals surface area contributed by atoms with Gasteiger partial charge in [0.25, 0.3) is 5.69 Å². The number of aryl methyl sites for hydroxylation is 1. The average molecular weight is 251 g/mol. The zero-order valence-corrected chi connectivity index (χ0v) is 9.70. The molecule has 0 amide bonds. The van der Waals surface area contributed by atoms with Crippen molar-refractivity contribution in [3.8, 4) is 6.07 Å². The van der Waals surface area contributed by atoms with E-state index in [9.17, 15) is 20.3 Å². The normalized spacial score (nSPS) is 13.7. The number of benzene rings is 1. The summed E-state index contributed by atoms with van der Waals surface area (Å²) in [6.45, 7) is 1.56. The van der Waals surface area contributed by atoms with Crippen molar-refractivity contribution >= 4 is 11.4 Å². The van der Waals surface area contributed by atoms with Gasteiger partial charge in [0.15, 0.2) is 0 Å². The topological polar surface area (TPSA) is 133 Å². The van der Waals surface area contributed by atoms with Gasteiger partial charge in [-0.2, -0.15) is 5.26 Å². The van der Waals surface area contributed by atoms with Crippen LogP contribution < -0.4 is 5.73 Å². The Bertz CT molecular complexity index is 510. The molecule has 0 radical (unpaired) electrons. The second-order valence-corrected chi connectivity index (χ2v) is 3.90. The zero-order chi connectivity index (χ0) is 13.9. The molecule has 2 unspecified atom stereocenters. The summed E-state index contributed by atoms with van der Waals surface area (Å²) in [6.07, 6.45) is -2.92. The van der Waals surface area contributed by atoms with Crippen molar-refractivity contribution in [2.24, 2.45) is 0 Å². The SMILES string of the molecule is Cc1cc(C(O)C(O)CC#N)cc([N+](=O)[O-])c1N. The minimum absolute atomic E-state index is 0.0192. The first-order valence-corrected chi connectivity index (χ1v) is 5.16. The number of nitro groups is 1. The third kappa shape index (κ3) is 2.74. The third-order valence-electron chi connectivity index (χ3n) is 2.59. The molecule has 7 heteroatoms. The molecule has 0 fully saturated rings. The second kappa shape index (κ2) is 5.44. The first-order chi connectivity index (χ1) is 8.38. The molecule has 0 heterocycles. The standard InChI is InChI=1S/C11H13N3O4/c1-6-4-7(11(16)9(15)2-3-12)5-8(10(6)13)14(17)18/h4-5,9,11,15-16H,2,13H2,1H3. The smallest absolute Gasteiger partial charge is 0.292 e. The highest BCUT2D eigenvalue weighted by atomic mass is 16.6. The fourth-order valence-corrected chi connectivity index (χ4v) is 1.56. The molecule has 2 atom stereocenters. The number of hydrogen-bond donors (Lipinski definition) is 3. The molecule has 0 saturated carbocycles. The molecule has 0 spiro atoms. The number of rotatable bonds is 4. The van der Waals surface area contributed by atoms with E-state index in [0.29, 0.717) is 5.56 Å². The van der Waals surface area contributed by atoms with Crippen molar-refractivity contribution in [1.29, 1.82) is 5.26 Å². The zero-order valence-electron chi connectivity index (χ0n) is 9.70. The molecule has 96 valence electrons. The van der Waals surface area contributed by atoms with Crippen molar-refractivity contribution in [3.05, 3.63) is 33.4 Å². The Morgan fingerprint density at radius 2 is 2.17 bits per heavy atom. The Kier molecular flexibility index (Phi) is 4.20. The van der Waals surface area contributed by atoms with Crippen LogP contribution >= 0.6 is 0 Å². The molecule has 1 rings (SSSR count). The van der Waals surface area contributed by atoms with Crippen LogP contribution in [0, 0.1) is 28.4 Å². The number of nitrogens with zero attached hydrogens (tertiary/aromatic N) is 2. The Balaban J connectivity index is 3.19. The van der Waals surface area contributed by atoms with E-state index in [1.54, 1.807) is 13.0 Å². The first-order valence-electron chi connectivity index (χ1n) is 5.16. The van der Waals surface area contributed by atoms with Gasteiger partial charge in [-0.05, 0) is 18.1 Å². The summed E-state index contributed by atoms with van der Waals surface area (Å²) < 4.78 is 0. The summed E-state index contributed by atoms with van der Waals surface area (Å²) in [6, 6.07) is 4.27. The fourth-order valence-electron chi connectivity index (χ4n) is 1.56. The van der Waals surface area contributed by atoms with E-state index in [-0.39, 0.29) is 23.4 Å². The molecular formula is C11H13N3O4. The predicted molar refractivity (Wildman–Crippen MR) is 63.4 cm³/mol. The average Bonchev–Trinajstić information content (AvgIpc) is 2.31. The molecule has 0 aliphatic carbocycles. The number of nitro benzene ring substituents is 1. The van der Waals surface area contributed by atoms with Gasteiger partial charge in [-0.3, -0.25) is 10.1 Å². The quantitative estimate of drug-likeness (QED) is 0.411. The van der Waals surface area contributed by atoms with Crippen molar-refractivity contribution in [2.75, 3.05) is 5.73 Å². The van der Waals surface area contributed by atoms with Crippen LogP contribution in [0.25, 0.3) is 0 Å². The number of nitriles is 1. The van der Waals surface area contributed by atoms with Crippen LogP contribution in [0.4, 0.5) is 11.4 Å². The summed E-state index contributed by atoms with van der Waals surface area (Å²) in [7, 11) is 0. The van der Waals surface area contributed by atoms with Gasteiger partial charge in [0, 0.05) is 6.07 Å². The lowest BCUT2D eigenvalue weighted by Gasteiger charge is -2.16. The van der Waals surface area contributed by atoms with Gasteiger partial charge in [0.05, 0.1) is 23.5 Å². The molecule has 0 aliphatic heterocycles. The molecule has 7 nitrogen and oxygen atoms in total. The highest BCUT2D eigenvalue weighted by Crippen LogP contribution is 2.30.